The highest BCUT2D eigenvalue weighted by molar-refractivity contribution is 7.16. The summed E-state index contributed by atoms with van der Waals surface area (Å²) in [6, 6.07) is 0. The van der Waals surface area contributed by atoms with Crippen molar-refractivity contribution < 1.29 is 4.39 Å². The third-order valence-corrected chi connectivity index (χ3v) is 4.39. The minimum absolute atomic E-state index is 0.191. The zero-order valence-electron chi connectivity index (χ0n) is 10.7. The van der Waals surface area contributed by atoms with Gasteiger partial charge in [-0.1, -0.05) is 18.3 Å². The number of anilines is 1. The maximum Gasteiger partial charge on any atom is 0.313 e. The van der Waals surface area contributed by atoms with Crippen LogP contribution in [-0.2, 0) is 6.42 Å². The molecular formula is C12H15FN4OS. The van der Waals surface area contributed by atoms with Gasteiger partial charge in [-0.3, -0.25) is 4.79 Å². The molecule has 19 heavy (non-hydrogen) atoms. The molecule has 3 rings (SSSR count). The van der Waals surface area contributed by atoms with Gasteiger partial charge in [-0.2, -0.15) is 19.0 Å². The summed E-state index contributed by atoms with van der Waals surface area (Å²) in [6.45, 7) is 3.47. The number of hydrogen-bond acceptors (Lipinski definition) is 5. The van der Waals surface area contributed by atoms with Crippen molar-refractivity contribution >= 4 is 22.1 Å². The number of aromatic nitrogens is 3. The maximum absolute atomic E-state index is 14.2. The van der Waals surface area contributed by atoms with Crippen molar-refractivity contribution in [3.8, 4) is 0 Å². The molecular weight excluding hydrogens is 267 g/mol. The summed E-state index contributed by atoms with van der Waals surface area (Å²) in [6.07, 6.45) is 3.90. The highest BCUT2D eigenvalue weighted by Gasteiger charge is 2.21. The lowest BCUT2D eigenvalue weighted by atomic mass is 10.1. The van der Waals surface area contributed by atoms with Crippen molar-refractivity contribution in [2.75, 3.05) is 18.0 Å². The fraction of sp³-hybridized carbons (Fsp3) is 0.583. The van der Waals surface area contributed by atoms with Crippen LogP contribution in [0.1, 0.15) is 31.2 Å². The van der Waals surface area contributed by atoms with Crippen molar-refractivity contribution in [2.24, 2.45) is 0 Å². The summed E-state index contributed by atoms with van der Waals surface area (Å²) >= 11 is 1.35. The van der Waals surface area contributed by atoms with Crippen LogP contribution in [-0.4, -0.2) is 27.7 Å². The van der Waals surface area contributed by atoms with Gasteiger partial charge in [0.25, 0.3) is 0 Å². The van der Waals surface area contributed by atoms with Crippen LogP contribution >= 0.6 is 11.3 Å². The van der Waals surface area contributed by atoms with Gasteiger partial charge in [0, 0.05) is 13.1 Å². The minimum Gasteiger partial charge on any atom is -0.354 e. The predicted molar refractivity (Wildman–Crippen MR) is 72.5 cm³/mol. The molecule has 0 bridgehead atoms. The number of piperidine rings is 1. The predicted octanol–water partition coefficient (Wildman–Crippen LogP) is 1.84. The standard InChI is InChI=1S/C12H15FN4OS/c1-2-8-15-17-11(18)9(13)10(14-12(17)19-8)16-6-4-3-5-7-16/h2-7H2,1H3. The van der Waals surface area contributed by atoms with Crippen LogP contribution in [0.2, 0.25) is 0 Å². The van der Waals surface area contributed by atoms with Gasteiger partial charge in [-0.15, -0.1) is 0 Å². The monoisotopic (exact) mass is 282 g/mol. The second kappa shape index (κ2) is 4.88. The normalized spacial score (nSPS) is 16.2. The molecule has 1 aliphatic heterocycles. The Balaban J connectivity index is 2.14. The third kappa shape index (κ3) is 2.11. The fourth-order valence-corrected chi connectivity index (χ4v) is 3.13. The lowest BCUT2D eigenvalue weighted by Crippen LogP contribution is -2.33. The number of hydrogen-bond donors (Lipinski definition) is 0. The first-order chi connectivity index (χ1) is 9.20. The number of halogens is 1. The first-order valence-electron chi connectivity index (χ1n) is 6.54. The molecule has 3 heterocycles. The van der Waals surface area contributed by atoms with Gasteiger partial charge in [-0.05, 0) is 25.7 Å². The molecule has 0 atom stereocenters. The van der Waals surface area contributed by atoms with Crippen LogP contribution in [0.15, 0.2) is 4.79 Å². The molecule has 0 aliphatic carbocycles. The van der Waals surface area contributed by atoms with Gasteiger partial charge in [0.15, 0.2) is 5.82 Å². The van der Waals surface area contributed by atoms with Gasteiger partial charge in [0.1, 0.15) is 5.01 Å². The molecule has 0 unspecified atom stereocenters. The Hall–Kier alpha value is -1.50. The van der Waals surface area contributed by atoms with E-state index in [1.165, 1.54) is 11.3 Å². The molecule has 7 heteroatoms. The van der Waals surface area contributed by atoms with Crippen molar-refractivity contribution in [2.45, 2.75) is 32.6 Å². The highest BCUT2D eigenvalue weighted by atomic mass is 32.1. The smallest absolute Gasteiger partial charge is 0.313 e. The Labute approximate surface area is 113 Å². The summed E-state index contributed by atoms with van der Waals surface area (Å²) in [7, 11) is 0. The average Bonchev–Trinajstić information content (AvgIpc) is 2.87. The van der Waals surface area contributed by atoms with Gasteiger partial charge in [-0.25, -0.2) is 0 Å². The number of nitrogens with zero attached hydrogens (tertiary/aromatic N) is 4. The van der Waals surface area contributed by atoms with Crippen LogP contribution in [0.4, 0.5) is 10.2 Å². The Morgan fingerprint density at radius 1 is 1.32 bits per heavy atom. The van der Waals surface area contributed by atoms with Crippen LogP contribution in [0, 0.1) is 5.82 Å². The van der Waals surface area contributed by atoms with Crippen molar-refractivity contribution in [1.82, 2.24) is 14.6 Å². The maximum atomic E-state index is 14.2. The van der Waals surface area contributed by atoms with Crippen molar-refractivity contribution in [3.05, 3.63) is 21.2 Å². The zero-order valence-corrected chi connectivity index (χ0v) is 11.5. The topological polar surface area (TPSA) is 50.5 Å². The van der Waals surface area contributed by atoms with Gasteiger partial charge < -0.3 is 4.90 Å². The third-order valence-electron chi connectivity index (χ3n) is 3.34. The van der Waals surface area contributed by atoms with E-state index in [-0.39, 0.29) is 5.82 Å². The molecule has 0 radical (unpaired) electrons. The molecule has 0 spiro atoms. The van der Waals surface area contributed by atoms with Gasteiger partial charge in [0.05, 0.1) is 0 Å². The molecule has 1 fully saturated rings. The molecule has 1 saturated heterocycles. The Bertz CT molecular complexity index is 660. The van der Waals surface area contributed by atoms with E-state index in [9.17, 15) is 9.18 Å². The van der Waals surface area contributed by atoms with Crippen LogP contribution in [0.25, 0.3) is 4.96 Å². The molecule has 2 aromatic rings. The van der Waals surface area contributed by atoms with Gasteiger partial charge >= 0.3 is 5.56 Å². The average molecular weight is 282 g/mol. The zero-order chi connectivity index (χ0) is 13.4. The van der Waals surface area contributed by atoms with E-state index in [1.807, 2.05) is 11.8 Å². The highest BCUT2D eigenvalue weighted by Crippen LogP contribution is 2.21. The molecule has 5 nitrogen and oxygen atoms in total. The lowest BCUT2D eigenvalue weighted by molar-refractivity contribution is 0.539. The molecule has 2 aromatic heterocycles. The quantitative estimate of drug-likeness (QED) is 0.843. The summed E-state index contributed by atoms with van der Waals surface area (Å²) in [5.41, 5.74) is -0.693. The number of aryl methyl sites for hydroxylation is 1. The first-order valence-corrected chi connectivity index (χ1v) is 7.35. The largest absolute Gasteiger partial charge is 0.354 e. The SMILES string of the molecule is CCc1nn2c(=O)c(F)c(N3CCCCC3)nc2s1. The summed E-state index contributed by atoms with van der Waals surface area (Å²) < 4.78 is 15.2. The summed E-state index contributed by atoms with van der Waals surface area (Å²) in [5, 5.41) is 4.87. The molecule has 0 saturated carbocycles. The minimum atomic E-state index is -0.785. The Kier molecular flexibility index (Phi) is 3.22. The number of fused-ring (bicyclic) bond motifs is 1. The Morgan fingerprint density at radius 3 is 2.74 bits per heavy atom. The number of rotatable bonds is 2. The first kappa shape index (κ1) is 12.5. The summed E-state index contributed by atoms with van der Waals surface area (Å²) in [4.78, 5) is 18.6. The summed E-state index contributed by atoms with van der Waals surface area (Å²) in [5.74, 6) is -0.594. The second-order valence-electron chi connectivity index (χ2n) is 4.65. The molecule has 0 aromatic carbocycles. The molecule has 0 amide bonds. The molecule has 0 N–H and O–H groups in total. The van der Waals surface area contributed by atoms with E-state index in [2.05, 4.69) is 10.1 Å². The van der Waals surface area contributed by atoms with Crippen molar-refractivity contribution in [1.29, 1.82) is 0 Å². The van der Waals surface area contributed by atoms with E-state index in [0.29, 0.717) is 11.4 Å². The Morgan fingerprint density at radius 2 is 2.05 bits per heavy atom. The van der Waals surface area contributed by atoms with E-state index in [1.54, 1.807) is 0 Å². The van der Waals surface area contributed by atoms with E-state index >= 15 is 0 Å². The van der Waals surface area contributed by atoms with Crippen LogP contribution < -0.4 is 10.5 Å². The van der Waals surface area contributed by atoms with Crippen LogP contribution in [0.5, 0.6) is 0 Å². The molecule has 102 valence electrons. The molecule has 1 aliphatic rings. The van der Waals surface area contributed by atoms with E-state index in [0.717, 1.165) is 41.9 Å². The van der Waals surface area contributed by atoms with E-state index < -0.39 is 11.4 Å². The second-order valence-corrected chi connectivity index (χ2v) is 5.69. The van der Waals surface area contributed by atoms with Gasteiger partial charge in [0.2, 0.25) is 10.8 Å². The van der Waals surface area contributed by atoms with Crippen molar-refractivity contribution in [3.63, 3.8) is 0 Å². The van der Waals surface area contributed by atoms with E-state index in [4.69, 9.17) is 0 Å². The van der Waals surface area contributed by atoms with Crippen LogP contribution in [0.3, 0.4) is 0 Å². The fourth-order valence-electron chi connectivity index (χ4n) is 2.31. The lowest BCUT2D eigenvalue weighted by Gasteiger charge is -2.27.